The van der Waals surface area contributed by atoms with Crippen molar-refractivity contribution in [1.29, 1.82) is 0 Å². The zero-order valence-electron chi connectivity index (χ0n) is 10.2. The van der Waals surface area contributed by atoms with Gasteiger partial charge in [0.15, 0.2) is 5.76 Å². The Kier molecular flexibility index (Phi) is 3.87. The van der Waals surface area contributed by atoms with E-state index < -0.39 is 11.8 Å². The lowest BCUT2D eigenvalue weighted by Gasteiger charge is -2.04. The molecule has 2 N–H and O–H groups in total. The molecule has 0 aromatic carbocycles. The van der Waals surface area contributed by atoms with Gasteiger partial charge in [-0.25, -0.2) is 4.98 Å². The van der Waals surface area contributed by atoms with E-state index in [1.807, 2.05) is 6.92 Å². The molecule has 2 heterocycles. The molecule has 2 aromatic rings. The molecule has 0 saturated heterocycles. The van der Waals surface area contributed by atoms with Crippen LogP contribution in [0.15, 0.2) is 35.1 Å². The first-order valence-corrected chi connectivity index (χ1v) is 5.66. The normalized spacial score (nSPS) is 9.95. The molecule has 19 heavy (non-hydrogen) atoms. The number of hydrogen-bond acceptors (Lipinski definition) is 5. The van der Waals surface area contributed by atoms with Gasteiger partial charge >= 0.3 is 5.91 Å². The molecule has 0 aliphatic heterocycles. The predicted octanol–water partition coefficient (Wildman–Crippen LogP) is 0.707. The van der Waals surface area contributed by atoms with E-state index in [1.54, 1.807) is 12.1 Å². The summed E-state index contributed by atoms with van der Waals surface area (Å²) in [5.74, 6) is -0.248. The fourth-order valence-corrected chi connectivity index (χ4v) is 1.35. The molecule has 7 nitrogen and oxygen atoms in total. The summed E-state index contributed by atoms with van der Waals surface area (Å²) in [5, 5.41) is 0. The van der Waals surface area contributed by atoms with Crippen molar-refractivity contribution in [2.24, 2.45) is 0 Å². The summed E-state index contributed by atoms with van der Waals surface area (Å²) in [6, 6.07) is 3.25. The Bertz CT molecular complexity index is 580. The number of aryl methyl sites for hydroxylation is 1. The third-order valence-electron chi connectivity index (χ3n) is 2.32. The van der Waals surface area contributed by atoms with Crippen molar-refractivity contribution in [2.75, 3.05) is 0 Å². The van der Waals surface area contributed by atoms with E-state index in [2.05, 4.69) is 20.8 Å². The van der Waals surface area contributed by atoms with Crippen molar-refractivity contribution in [3.63, 3.8) is 0 Å². The van der Waals surface area contributed by atoms with Crippen LogP contribution in [0.5, 0.6) is 0 Å². The Hall–Kier alpha value is -2.70. The largest absolute Gasteiger partial charge is 0.456 e. The van der Waals surface area contributed by atoms with Crippen LogP contribution in [-0.4, -0.2) is 21.8 Å². The fraction of sp³-hybridized carbons (Fsp3) is 0.167. The molecular formula is C12H12N4O3. The summed E-state index contributed by atoms with van der Waals surface area (Å²) in [4.78, 5) is 30.8. The first kappa shape index (κ1) is 12.7. The molecule has 0 atom stereocenters. The Balaban J connectivity index is 1.92. The van der Waals surface area contributed by atoms with Crippen LogP contribution in [0.4, 0.5) is 0 Å². The zero-order valence-corrected chi connectivity index (χ0v) is 10.2. The highest BCUT2D eigenvalue weighted by Crippen LogP contribution is 2.07. The van der Waals surface area contributed by atoms with Crippen LogP contribution in [0, 0.1) is 0 Å². The number of carbonyl (C=O) groups excluding carboxylic acids is 2. The molecule has 7 heteroatoms. The molecular weight excluding hydrogens is 248 g/mol. The van der Waals surface area contributed by atoms with Crippen LogP contribution < -0.4 is 10.9 Å². The number of nitrogens with zero attached hydrogens (tertiary/aromatic N) is 2. The monoisotopic (exact) mass is 260 g/mol. The Morgan fingerprint density at radius 1 is 1.21 bits per heavy atom. The minimum atomic E-state index is -0.552. The molecule has 0 aliphatic rings. The number of nitrogens with one attached hydrogen (secondary N) is 2. The number of carbonyl (C=O) groups is 2. The molecule has 0 aliphatic carbocycles. The first-order valence-electron chi connectivity index (χ1n) is 5.66. The van der Waals surface area contributed by atoms with Crippen LogP contribution in [0.25, 0.3) is 0 Å². The van der Waals surface area contributed by atoms with Gasteiger partial charge in [0.25, 0.3) is 5.91 Å². The van der Waals surface area contributed by atoms with E-state index >= 15 is 0 Å². The topological polar surface area (TPSA) is 97.1 Å². The van der Waals surface area contributed by atoms with Gasteiger partial charge in [-0.3, -0.25) is 25.4 Å². The second kappa shape index (κ2) is 5.76. The van der Waals surface area contributed by atoms with Crippen molar-refractivity contribution in [3.8, 4) is 0 Å². The standard InChI is InChI=1S/C12H12N4O3/c1-2-8-3-4-10(19-8)12(18)16-15-11(17)9-7-13-5-6-14-9/h3-7H,2H2,1H3,(H,15,17)(H,16,18). The van der Waals surface area contributed by atoms with Gasteiger partial charge in [0.05, 0.1) is 6.20 Å². The van der Waals surface area contributed by atoms with Gasteiger partial charge in [-0.1, -0.05) is 6.92 Å². The number of rotatable bonds is 3. The van der Waals surface area contributed by atoms with E-state index in [9.17, 15) is 9.59 Å². The Morgan fingerprint density at radius 2 is 2.00 bits per heavy atom. The van der Waals surface area contributed by atoms with Crippen molar-refractivity contribution in [2.45, 2.75) is 13.3 Å². The van der Waals surface area contributed by atoms with Gasteiger partial charge in [-0.15, -0.1) is 0 Å². The number of aromatic nitrogens is 2. The minimum absolute atomic E-state index is 0.108. The summed E-state index contributed by atoms with van der Waals surface area (Å²) >= 11 is 0. The molecule has 2 rings (SSSR count). The molecule has 0 fully saturated rings. The van der Waals surface area contributed by atoms with Gasteiger partial charge in [0.2, 0.25) is 0 Å². The lowest BCUT2D eigenvalue weighted by Crippen LogP contribution is -2.41. The highest BCUT2D eigenvalue weighted by molar-refractivity contribution is 5.96. The van der Waals surface area contributed by atoms with Gasteiger partial charge in [0.1, 0.15) is 11.5 Å². The lowest BCUT2D eigenvalue weighted by molar-refractivity contribution is 0.0827. The van der Waals surface area contributed by atoms with Gasteiger partial charge in [-0.05, 0) is 12.1 Å². The van der Waals surface area contributed by atoms with E-state index in [1.165, 1.54) is 18.6 Å². The molecule has 0 saturated carbocycles. The van der Waals surface area contributed by atoms with Gasteiger partial charge in [0, 0.05) is 18.8 Å². The molecule has 2 aromatic heterocycles. The first-order chi connectivity index (χ1) is 9.20. The Labute approximate surface area is 109 Å². The van der Waals surface area contributed by atoms with Crippen molar-refractivity contribution in [3.05, 3.63) is 47.9 Å². The average molecular weight is 260 g/mol. The number of hydrogen-bond donors (Lipinski definition) is 2. The van der Waals surface area contributed by atoms with E-state index in [0.717, 1.165) is 0 Å². The smallest absolute Gasteiger partial charge is 0.305 e. The predicted molar refractivity (Wildman–Crippen MR) is 65.1 cm³/mol. The number of furan rings is 1. The van der Waals surface area contributed by atoms with Gasteiger partial charge in [-0.2, -0.15) is 0 Å². The highest BCUT2D eigenvalue weighted by atomic mass is 16.4. The lowest BCUT2D eigenvalue weighted by atomic mass is 10.3. The van der Waals surface area contributed by atoms with Crippen molar-refractivity contribution < 1.29 is 14.0 Å². The average Bonchev–Trinajstić information content (AvgIpc) is 2.94. The molecule has 2 amide bonds. The quantitative estimate of drug-likeness (QED) is 0.792. The maximum Gasteiger partial charge on any atom is 0.305 e. The summed E-state index contributed by atoms with van der Waals surface area (Å²) in [6.45, 7) is 1.91. The van der Waals surface area contributed by atoms with E-state index in [0.29, 0.717) is 12.2 Å². The van der Waals surface area contributed by atoms with Crippen LogP contribution in [0.2, 0.25) is 0 Å². The van der Waals surface area contributed by atoms with E-state index in [4.69, 9.17) is 4.42 Å². The summed E-state index contributed by atoms with van der Waals surface area (Å²) in [5.41, 5.74) is 4.57. The van der Waals surface area contributed by atoms with Crippen molar-refractivity contribution in [1.82, 2.24) is 20.8 Å². The van der Waals surface area contributed by atoms with Crippen LogP contribution in [0.3, 0.4) is 0 Å². The maximum absolute atomic E-state index is 11.7. The van der Waals surface area contributed by atoms with Crippen LogP contribution >= 0.6 is 0 Å². The number of amides is 2. The molecule has 0 bridgehead atoms. The zero-order chi connectivity index (χ0) is 13.7. The maximum atomic E-state index is 11.7. The SMILES string of the molecule is CCc1ccc(C(=O)NNC(=O)c2cnccn2)o1. The molecule has 98 valence electrons. The molecule has 0 unspecified atom stereocenters. The number of hydrazine groups is 1. The third kappa shape index (κ3) is 3.15. The third-order valence-corrected chi connectivity index (χ3v) is 2.32. The minimum Gasteiger partial charge on any atom is -0.456 e. The molecule has 0 radical (unpaired) electrons. The fourth-order valence-electron chi connectivity index (χ4n) is 1.35. The van der Waals surface area contributed by atoms with Crippen LogP contribution in [0.1, 0.15) is 33.7 Å². The van der Waals surface area contributed by atoms with E-state index in [-0.39, 0.29) is 11.5 Å². The highest BCUT2D eigenvalue weighted by Gasteiger charge is 2.12. The molecule has 0 spiro atoms. The summed E-state index contributed by atoms with van der Waals surface area (Å²) in [7, 11) is 0. The van der Waals surface area contributed by atoms with Crippen molar-refractivity contribution >= 4 is 11.8 Å². The summed E-state index contributed by atoms with van der Waals surface area (Å²) < 4.78 is 5.24. The Morgan fingerprint density at radius 3 is 2.63 bits per heavy atom. The summed E-state index contributed by atoms with van der Waals surface area (Å²) in [6.07, 6.45) is 4.82. The second-order valence-electron chi connectivity index (χ2n) is 3.62. The second-order valence-corrected chi connectivity index (χ2v) is 3.62. The van der Waals surface area contributed by atoms with Crippen LogP contribution in [-0.2, 0) is 6.42 Å². The van der Waals surface area contributed by atoms with Gasteiger partial charge < -0.3 is 4.42 Å².